The monoisotopic (exact) mass is 437 g/mol. The summed E-state index contributed by atoms with van der Waals surface area (Å²) in [7, 11) is 0. The average Bonchev–Trinajstić information content (AvgIpc) is 3.42. The zero-order valence-electron chi connectivity index (χ0n) is 18.8. The first-order valence-corrected chi connectivity index (χ1v) is 11.9. The highest BCUT2D eigenvalue weighted by molar-refractivity contribution is 7.13. The zero-order valence-corrected chi connectivity index (χ0v) is 19.6. The van der Waals surface area contributed by atoms with E-state index >= 15 is 0 Å². The number of aromatic nitrogens is 3. The fourth-order valence-corrected chi connectivity index (χ4v) is 4.66. The van der Waals surface area contributed by atoms with Crippen molar-refractivity contribution in [3.05, 3.63) is 47.0 Å². The van der Waals surface area contributed by atoms with Gasteiger partial charge in [0.1, 0.15) is 0 Å². The van der Waals surface area contributed by atoms with Crippen LogP contribution in [0, 0.1) is 0 Å². The highest BCUT2D eigenvalue weighted by atomic mass is 32.1. The maximum absolute atomic E-state index is 13.3. The summed E-state index contributed by atoms with van der Waals surface area (Å²) in [6.45, 7) is 11.4. The zero-order chi connectivity index (χ0) is 22.0. The first-order chi connectivity index (χ1) is 14.9. The van der Waals surface area contributed by atoms with Gasteiger partial charge in [0.15, 0.2) is 5.65 Å². The first kappa shape index (κ1) is 21.7. The number of pyridine rings is 1. The SMILES string of the molecule is CC(C)=CCN1CCC(NC(=O)c2cc(-c3cccs3)nc3c2cnn3C(C)C)CC1. The van der Waals surface area contributed by atoms with Gasteiger partial charge in [-0.2, -0.15) is 5.10 Å². The summed E-state index contributed by atoms with van der Waals surface area (Å²) in [6.07, 6.45) is 5.99. The van der Waals surface area contributed by atoms with E-state index < -0.39 is 0 Å². The van der Waals surface area contributed by atoms with Crippen molar-refractivity contribution in [3.63, 3.8) is 0 Å². The fraction of sp³-hybridized carbons (Fsp3) is 0.458. The van der Waals surface area contributed by atoms with Gasteiger partial charge in [-0.25, -0.2) is 9.67 Å². The molecule has 0 spiro atoms. The molecule has 0 saturated carbocycles. The van der Waals surface area contributed by atoms with E-state index in [1.807, 2.05) is 28.3 Å². The number of carbonyl (C=O) groups excluding carboxylic acids is 1. The predicted molar refractivity (Wildman–Crippen MR) is 128 cm³/mol. The number of rotatable bonds is 6. The lowest BCUT2D eigenvalue weighted by Gasteiger charge is -2.31. The molecule has 0 bridgehead atoms. The lowest BCUT2D eigenvalue weighted by molar-refractivity contribution is 0.0915. The fourth-order valence-electron chi connectivity index (χ4n) is 3.97. The minimum atomic E-state index is -0.0312. The van der Waals surface area contributed by atoms with Crippen molar-refractivity contribution in [2.24, 2.45) is 0 Å². The smallest absolute Gasteiger partial charge is 0.252 e. The Morgan fingerprint density at radius 2 is 2.10 bits per heavy atom. The molecule has 31 heavy (non-hydrogen) atoms. The number of thiophene rings is 1. The van der Waals surface area contributed by atoms with Gasteiger partial charge in [0.2, 0.25) is 0 Å². The van der Waals surface area contributed by atoms with E-state index in [0.717, 1.165) is 54.1 Å². The van der Waals surface area contributed by atoms with Crippen molar-refractivity contribution in [3.8, 4) is 10.6 Å². The first-order valence-electron chi connectivity index (χ1n) is 11.0. The Hall–Kier alpha value is -2.51. The molecule has 1 fully saturated rings. The molecule has 3 aromatic rings. The number of likely N-dealkylation sites (tertiary alicyclic amines) is 1. The second-order valence-corrected chi connectivity index (χ2v) is 9.73. The van der Waals surface area contributed by atoms with Gasteiger partial charge in [0.25, 0.3) is 5.91 Å². The molecule has 4 rings (SSSR count). The van der Waals surface area contributed by atoms with Crippen molar-refractivity contribution in [2.45, 2.75) is 52.6 Å². The third kappa shape index (κ3) is 4.88. The Morgan fingerprint density at radius 3 is 2.74 bits per heavy atom. The molecule has 3 aromatic heterocycles. The van der Waals surface area contributed by atoms with E-state index in [1.165, 1.54) is 5.57 Å². The number of hydrogen-bond acceptors (Lipinski definition) is 5. The summed E-state index contributed by atoms with van der Waals surface area (Å²) in [6, 6.07) is 6.33. The van der Waals surface area contributed by atoms with E-state index in [9.17, 15) is 4.79 Å². The van der Waals surface area contributed by atoms with E-state index in [-0.39, 0.29) is 18.0 Å². The number of carbonyl (C=O) groups is 1. The van der Waals surface area contributed by atoms with Gasteiger partial charge in [0.05, 0.1) is 27.7 Å². The molecule has 1 N–H and O–H groups in total. The van der Waals surface area contributed by atoms with Gasteiger partial charge in [-0.05, 0) is 58.0 Å². The molecule has 0 unspecified atom stereocenters. The summed E-state index contributed by atoms with van der Waals surface area (Å²) in [4.78, 5) is 21.7. The molecule has 0 radical (unpaired) electrons. The summed E-state index contributed by atoms with van der Waals surface area (Å²) in [5.74, 6) is -0.0312. The van der Waals surface area contributed by atoms with Crippen LogP contribution < -0.4 is 5.32 Å². The van der Waals surface area contributed by atoms with Gasteiger partial charge >= 0.3 is 0 Å². The number of allylic oxidation sites excluding steroid dienone is 1. The summed E-state index contributed by atoms with van der Waals surface area (Å²) in [5.41, 5.74) is 3.60. The van der Waals surface area contributed by atoms with Crippen LogP contribution in [0.3, 0.4) is 0 Å². The van der Waals surface area contributed by atoms with Gasteiger partial charge in [-0.3, -0.25) is 9.69 Å². The molecule has 1 aliphatic heterocycles. The normalized spacial score (nSPS) is 15.5. The van der Waals surface area contributed by atoms with E-state index in [2.05, 4.69) is 49.1 Å². The minimum Gasteiger partial charge on any atom is -0.349 e. The van der Waals surface area contributed by atoms with Gasteiger partial charge in [-0.1, -0.05) is 17.7 Å². The number of piperidine rings is 1. The van der Waals surface area contributed by atoms with Crippen molar-refractivity contribution < 1.29 is 4.79 Å². The van der Waals surface area contributed by atoms with Gasteiger partial charge < -0.3 is 5.32 Å². The molecule has 164 valence electrons. The quantitative estimate of drug-likeness (QED) is 0.557. The minimum absolute atomic E-state index is 0.0312. The number of nitrogens with one attached hydrogen (secondary N) is 1. The maximum Gasteiger partial charge on any atom is 0.252 e. The van der Waals surface area contributed by atoms with Crippen LogP contribution in [-0.2, 0) is 0 Å². The van der Waals surface area contributed by atoms with Crippen LogP contribution in [0.5, 0.6) is 0 Å². The van der Waals surface area contributed by atoms with Crippen LogP contribution in [0.4, 0.5) is 0 Å². The number of hydrogen-bond donors (Lipinski definition) is 1. The lowest BCUT2D eigenvalue weighted by Crippen LogP contribution is -2.44. The molecule has 4 heterocycles. The molecule has 0 atom stereocenters. The lowest BCUT2D eigenvalue weighted by atomic mass is 10.0. The van der Waals surface area contributed by atoms with Crippen molar-refractivity contribution in [1.82, 2.24) is 25.0 Å². The maximum atomic E-state index is 13.3. The van der Waals surface area contributed by atoms with Gasteiger partial charge in [0, 0.05) is 31.7 Å². The highest BCUT2D eigenvalue weighted by Gasteiger charge is 2.23. The number of nitrogens with zero attached hydrogens (tertiary/aromatic N) is 4. The number of fused-ring (bicyclic) bond motifs is 1. The van der Waals surface area contributed by atoms with Crippen LogP contribution in [-0.4, -0.2) is 51.2 Å². The van der Waals surface area contributed by atoms with E-state index in [4.69, 9.17) is 4.98 Å². The van der Waals surface area contributed by atoms with Crippen LogP contribution in [0.15, 0.2) is 41.4 Å². The molecule has 0 aromatic carbocycles. The van der Waals surface area contributed by atoms with Crippen molar-refractivity contribution in [1.29, 1.82) is 0 Å². The van der Waals surface area contributed by atoms with Crippen LogP contribution in [0.1, 0.15) is 56.9 Å². The molecule has 1 saturated heterocycles. The molecule has 1 amide bonds. The van der Waals surface area contributed by atoms with Crippen molar-refractivity contribution >= 4 is 28.3 Å². The van der Waals surface area contributed by atoms with E-state index in [0.29, 0.717) is 5.56 Å². The molecule has 1 aliphatic rings. The Kier molecular flexibility index (Phi) is 6.53. The molecular weight excluding hydrogens is 406 g/mol. The average molecular weight is 438 g/mol. The molecule has 6 nitrogen and oxygen atoms in total. The second kappa shape index (κ2) is 9.32. The second-order valence-electron chi connectivity index (χ2n) is 8.78. The topological polar surface area (TPSA) is 63.1 Å². The Bertz CT molecular complexity index is 1070. The molecule has 7 heteroatoms. The largest absolute Gasteiger partial charge is 0.349 e. The van der Waals surface area contributed by atoms with Crippen LogP contribution >= 0.6 is 11.3 Å². The summed E-state index contributed by atoms with van der Waals surface area (Å²) in [5, 5.41) is 10.6. The number of amides is 1. The van der Waals surface area contributed by atoms with Crippen LogP contribution in [0.2, 0.25) is 0 Å². The van der Waals surface area contributed by atoms with Gasteiger partial charge in [-0.15, -0.1) is 11.3 Å². The molecule has 0 aliphatic carbocycles. The van der Waals surface area contributed by atoms with E-state index in [1.54, 1.807) is 17.5 Å². The Balaban J connectivity index is 1.56. The summed E-state index contributed by atoms with van der Waals surface area (Å²) < 4.78 is 1.89. The predicted octanol–water partition coefficient (Wildman–Crippen LogP) is 4.90. The standard InChI is InChI=1S/C24H31N5OS/c1-16(2)7-10-28-11-8-18(9-12-28)26-24(30)19-14-21(22-6-5-13-31-22)27-23-20(19)15-25-29(23)17(3)4/h5-7,13-15,17-18H,8-12H2,1-4H3,(H,26,30). The Morgan fingerprint density at radius 1 is 1.32 bits per heavy atom. The third-order valence-electron chi connectivity index (χ3n) is 5.75. The Labute approximate surface area is 188 Å². The highest BCUT2D eigenvalue weighted by Crippen LogP contribution is 2.29. The third-order valence-corrected chi connectivity index (χ3v) is 6.65. The molecular formula is C24H31N5OS. The van der Waals surface area contributed by atoms with Crippen molar-refractivity contribution in [2.75, 3.05) is 19.6 Å². The summed E-state index contributed by atoms with van der Waals surface area (Å²) >= 11 is 1.63. The van der Waals surface area contributed by atoms with Crippen LogP contribution in [0.25, 0.3) is 21.6 Å².